The second-order valence-corrected chi connectivity index (χ2v) is 8.81. The summed E-state index contributed by atoms with van der Waals surface area (Å²) in [6.07, 6.45) is -3.26. The molecular formula is C19H16F3N5O2S2. The summed E-state index contributed by atoms with van der Waals surface area (Å²) in [5, 5.41) is 13.3. The van der Waals surface area contributed by atoms with Crippen LogP contribution in [0.4, 0.5) is 13.2 Å². The first-order chi connectivity index (χ1) is 14.8. The summed E-state index contributed by atoms with van der Waals surface area (Å²) in [6.45, 7) is 3.82. The van der Waals surface area contributed by atoms with E-state index < -0.39 is 11.7 Å². The molecule has 0 aliphatic rings. The lowest BCUT2D eigenvalue weighted by molar-refractivity contribution is -0.137. The van der Waals surface area contributed by atoms with Crippen molar-refractivity contribution in [3.8, 4) is 22.2 Å². The molecule has 4 aromatic rings. The summed E-state index contributed by atoms with van der Waals surface area (Å²) in [6, 6.07) is 4.84. The smallest absolute Gasteiger partial charge is 0.410 e. The fourth-order valence-corrected chi connectivity index (χ4v) is 4.32. The Morgan fingerprint density at radius 1 is 1.13 bits per heavy atom. The van der Waals surface area contributed by atoms with Gasteiger partial charge in [0, 0.05) is 17.7 Å². The molecule has 7 nitrogen and oxygen atoms in total. The van der Waals surface area contributed by atoms with Crippen LogP contribution in [0.5, 0.6) is 0 Å². The average Bonchev–Trinajstić information content (AvgIpc) is 3.45. The molecule has 0 radical (unpaired) electrons. The van der Waals surface area contributed by atoms with Gasteiger partial charge in [-0.05, 0) is 32.4 Å². The van der Waals surface area contributed by atoms with Gasteiger partial charge in [-0.3, -0.25) is 0 Å². The van der Waals surface area contributed by atoms with Gasteiger partial charge in [-0.1, -0.05) is 29.1 Å². The standard InChI is InChI=1S/C19H16F3N5O2S2/c1-10-15(31-11(2)23-10)17-25-26-18(28-17)30-8-4-7-14-24-16(27-29-14)12-5-3-6-13(9-12)19(20,21)22/h3,5-6,9H,4,7-8H2,1-2H3. The lowest BCUT2D eigenvalue weighted by Gasteiger charge is -2.06. The van der Waals surface area contributed by atoms with E-state index in [1.165, 1.54) is 35.2 Å². The molecule has 0 atom stereocenters. The molecule has 3 heterocycles. The summed E-state index contributed by atoms with van der Waals surface area (Å²) in [5.41, 5.74) is 0.359. The summed E-state index contributed by atoms with van der Waals surface area (Å²) in [4.78, 5) is 9.41. The first-order valence-corrected chi connectivity index (χ1v) is 11.0. The number of hydrogen-bond donors (Lipinski definition) is 0. The summed E-state index contributed by atoms with van der Waals surface area (Å²) in [5.74, 6) is 1.61. The number of aromatic nitrogens is 5. The number of thioether (sulfide) groups is 1. The zero-order chi connectivity index (χ0) is 22.0. The van der Waals surface area contributed by atoms with E-state index in [0.717, 1.165) is 27.7 Å². The van der Waals surface area contributed by atoms with Crippen molar-refractivity contribution in [3.05, 3.63) is 46.4 Å². The molecule has 0 bridgehead atoms. The van der Waals surface area contributed by atoms with E-state index in [0.29, 0.717) is 35.6 Å². The van der Waals surface area contributed by atoms with E-state index in [2.05, 4.69) is 25.3 Å². The largest absolute Gasteiger partial charge is 0.416 e. The maximum atomic E-state index is 12.9. The Bertz CT molecular complexity index is 1190. The Labute approximate surface area is 183 Å². The monoisotopic (exact) mass is 467 g/mol. The van der Waals surface area contributed by atoms with E-state index in [9.17, 15) is 13.2 Å². The second-order valence-electron chi connectivity index (χ2n) is 6.56. The minimum atomic E-state index is -4.42. The molecule has 0 N–H and O–H groups in total. The normalized spacial score (nSPS) is 11.9. The molecule has 0 unspecified atom stereocenters. The lowest BCUT2D eigenvalue weighted by atomic mass is 10.1. The summed E-state index contributed by atoms with van der Waals surface area (Å²) in [7, 11) is 0. The molecule has 1 aromatic carbocycles. The lowest BCUT2D eigenvalue weighted by Crippen LogP contribution is -2.04. The van der Waals surface area contributed by atoms with Crippen molar-refractivity contribution in [1.29, 1.82) is 0 Å². The molecule has 4 rings (SSSR count). The van der Waals surface area contributed by atoms with Crippen molar-refractivity contribution >= 4 is 23.1 Å². The zero-order valence-corrected chi connectivity index (χ0v) is 18.1. The van der Waals surface area contributed by atoms with Crippen molar-refractivity contribution in [3.63, 3.8) is 0 Å². The van der Waals surface area contributed by atoms with Crippen LogP contribution < -0.4 is 0 Å². The van der Waals surface area contributed by atoms with Crippen molar-refractivity contribution < 1.29 is 22.1 Å². The topological polar surface area (TPSA) is 90.7 Å². The van der Waals surface area contributed by atoms with E-state index in [4.69, 9.17) is 8.94 Å². The van der Waals surface area contributed by atoms with Gasteiger partial charge in [0.2, 0.25) is 11.7 Å². The second kappa shape index (κ2) is 8.79. The fourth-order valence-electron chi connectivity index (χ4n) is 2.78. The van der Waals surface area contributed by atoms with Gasteiger partial charge >= 0.3 is 6.18 Å². The van der Waals surface area contributed by atoms with Gasteiger partial charge in [0.25, 0.3) is 11.1 Å². The number of aryl methyl sites for hydroxylation is 3. The van der Waals surface area contributed by atoms with Crippen LogP contribution >= 0.6 is 23.1 Å². The highest BCUT2D eigenvalue weighted by molar-refractivity contribution is 7.99. The number of thiazole rings is 1. The first kappa shape index (κ1) is 21.5. The fraction of sp³-hybridized carbons (Fsp3) is 0.316. The Kier molecular flexibility index (Phi) is 6.10. The molecule has 0 saturated heterocycles. The van der Waals surface area contributed by atoms with Crippen molar-refractivity contribution in [2.75, 3.05) is 5.75 Å². The maximum absolute atomic E-state index is 12.9. The zero-order valence-electron chi connectivity index (χ0n) is 16.4. The van der Waals surface area contributed by atoms with Crippen molar-refractivity contribution in [2.45, 2.75) is 38.1 Å². The first-order valence-electron chi connectivity index (χ1n) is 9.20. The number of rotatable bonds is 7. The third-order valence-corrected chi connectivity index (χ3v) is 6.15. The van der Waals surface area contributed by atoms with Crippen LogP contribution in [0.2, 0.25) is 0 Å². The van der Waals surface area contributed by atoms with Gasteiger partial charge in [-0.15, -0.1) is 21.5 Å². The molecule has 31 heavy (non-hydrogen) atoms. The van der Waals surface area contributed by atoms with E-state index in [-0.39, 0.29) is 11.4 Å². The maximum Gasteiger partial charge on any atom is 0.416 e. The number of benzene rings is 1. The molecule has 0 aliphatic carbocycles. The predicted molar refractivity (Wildman–Crippen MR) is 109 cm³/mol. The van der Waals surface area contributed by atoms with E-state index in [1.54, 1.807) is 0 Å². The van der Waals surface area contributed by atoms with E-state index >= 15 is 0 Å². The Morgan fingerprint density at radius 2 is 1.97 bits per heavy atom. The SMILES string of the molecule is Cc1nc(C)c(-c2nnc(SCCCc3nc(-c4cccc(C(F)(F)F)c4)no3)o2)s1. The minimum absolute atomic E-state index is 0.130. The van der Waals surface area contributed by atoms with Gasteiger partial charge in [-0.25, -0.2) is 4.98 Å². The van der Waals surface area contributed by atoms with Gasteiger partial charge in [0.15, 0.2) is 0 Å². The number of halogens is 3. The van der Waals surface area contributed by atoms with Crippen molar-refractivity contribution in [1.82, 2.24) is 25.3 Å². The van der Waals surface area contributed by atoms with E-state index in [1.807, 2.05) is 13.8 Å². The third kappa shape index (κ3) is 5.13. The summed E-state index contributed by atoms with van der Waals surface area (Å²) >= 11 is 2.91. The van der Waals surface area contributed by atoms with Crippen LogP contribution in [-0.2, 0) is 12.6 Å². The van der Waals surface area contributed by atoms with Crippen LogP contribution in [-0.4, -0.2) is 31.1 Å². The van der Waals surface area contributed by atoms with Crippen LogP contribution in [0.3, 0.4) is 0 Å². The van der Waals surface area contributed by atoms with Gasteiger partial charge in [0.05, 0.1) is 16.3 Å². The molecule has 3 aromatic heterocycles. The third-order valence-electron chi connectivity index (χ3n) is 4.18. The van der Waals surface area contributed by atoms with Crippen molar-refractivity contribution in [2.24, 2.45) is 0 Å². The molecule has 0 aliphatic heterocycles. The molecule has 0 amide bonds. The van der Waals surface area contributed by atoms with Gasteiger partial charge in [-0.2, -0.15) is 18.2 Å². The predicted octanol–water partition coefficient (Wildman–Crippen LogP) is 5.60. The number of hydrogen-bond acceptors (Lipinski definition) is 9. The summed E-state index contributed by atoms with van der Waals surface area (Å²) < 4.78 is 49.5. The average molecular weight is 467 g/mol. The number of alkyl halides is 3. The Balaban J connectivity index is 1.31. The highest BCUT2D eigenvalue weighted by Gasteiger charge is 2.30. The van der Waals surface area contributed by atoms with Crippen LogP contribution in [0.15, 0.2) is 38.4 Å². The highest BCUT2D eigenvalue weighted by Crippen LogP contribution is 2.32. The molecule has 0 spiro atoms. The molecule has 162 valence electrons. The highest BCUT2D eigenvalue weighted by atomic mass is 32.2. The molecular weight excluding hydrogens is 451 g/mol. The number of nitrogens with zero attached hydrogens (tertiary/aromatic N) is 5. The van der Waals surface area contributed by atoms with Crippen LogP contribution in [0.25, 0.3) is 22.2 Å². The Morgan fingerprint density at radius 3 is 2.71 bits per heavy atom. The minimum Gasteiger partial charge on any atom is -0.410 e. The molecule has 0 fully saturated rings. The Hall–Kier alpha value is -2.73. The van der Waals surface area contributed by atoms with Gasteiger partial charge < -0.3 is 8.94 Å². The van der Waals surface area contributed by atoms with Crippen LogP contribution in [0.1, 0.15) is 28.6 Å². The van der Waals surface area contributed by atoms with Crippen LogP contribution in [0, 0.1) is 13.8 Å². The van der Waals surface area contributed by atoms with Gasteiger partial charge in [0.1, 0.15) is 4.88 Å². The molecule has 12 heteroatoms. The molecule has 0 saturated carbocycles. The quantitative estimate of drug-likeness (QED) is 0.256.